The summed E-state index contributed by atoms with van der Waals surface area (Å²) >= 11 is 0. The molecule has 0 saturated heterocycles. The molecule has 2 nitrogen and oxygen atoms in total. The molecule has 2 unspecified atom stereocenters. The Labute approximate surface area is 125 Å². The molecule has 0 amide bonds. The highest BCUT2D eigenvalue weighted by molar-refractivity contribution is 5.08. The topological polar surface area (TPSA) is 46.2 Å². The Morgan fingerprint density at radius 2 is 1.40 bits per heavy atom. The molecule has 0 bridgehead atoms. The molecule has 0 heterocycles. The Morgan fingerprint density at radius 1 is 0.900 bits per heavy atom. The summed E-state index contributed by atoms with van der Waals surface area (Å²) in [5.41, 5.74) is 6.41. The maximum absolute atomic E-state index is 11.5. The largest absolute Gasteiger partial charge is 0.389 e. The van der Waals surface area contributed by atoms with E-state index in [0.29, 0.717) is 23.3 Å². The van der Waals surface area contributed by atoms with Crippen molar-refractivity contribution in [2.75, 3.05) is 6.54 Å². The van der Waals surface area contributed by atoms with Crippen LogP contribution in [0.4, 0.5) is 0 Å². The van der Waals surface area contributed by atoms with Crippen LogP contribution >= 0.6 is 0 Å². The molecule has 2 atom stereocenters. The van der Waals surface area contributed by atoms with E-state index in [1.807, 2.05) is 0 Å². The first-order chi connectivity index (χ1) is 9.06. The predicted molar refractivity (Wildman–Crippen MR) is 85.5 cm³/mol. The second-order valence-corrected chi connectivity index (χ2v) is 9.34. The summed E-state index contributed by atoms with van der Waals surface area (Å²) in [6.45, 7) is 12.3. The molecule has 2 aliphatic carbocycles. The van der Waals surface area contributed by atoms with Crippen LogP contribution in [0, 0.1) is 22.2 Å². The van der Waals surface area contributed by atoms with Crippen molar-refractivity contribution in [3.63, 3.8) is 0 Å². The molecule has 0 aromatic rings. The summed E-state index contributed by atoms with van der Waals surface area (Å²) in [7, 11) is 0. The lowest BCUT2D eigenvalue weighted by molar-refractivity contribution is -0.176. The normalized spacial score (nSPS) is 39.5. The minimum absolute atomic E-state index is 0.0432. The van der Waals surface area contributed by atoms with Crippen molar-refractivity contribution in [1.82, 2.24) is 0 Å². The van der Waals surface area contributed by atoms with Gasteiger partial charge in [-0.25, -0.2) is 0 Å². The zero-order valence-electron chi connectivity index (χ0n) is 14.3. The van der Waals surface area contributed by atoms with Gasteiger partial charge in [0.2, 0.25) is 0 Å². The van der Waals surface area contributed by atoms with Crippen LogP contribution in [0.25, 0.3) is 0 Å². The molecular formula is C18H35NO. The smallest absolute Gasteiger partial charge is 0.0741 e. The van der Waals surface area contributed by atoms with Crippen LogP contribution in [0.2, 0.25) is 0 Å². The van der Waals surface area contributed by atoms with E-state index in [4.69, 9.17) is 5.73 Å². The third-order valence-corrected chi connectivity index (χ3v) is 6.73. The van der Waals surface area contributed by atoms with Gasteiger partial charge in [0, 0.05) is 12.0 Å². The molecule has 0 spiro atoms. The van der Waals surface area contributed by atoms with E-state index in [1.54, 1.807) is 0 Å². The zero-order chi connectivity index (χ0) is 15.2. The Hall–Kier alpha value is -0.0800. The predicted octanol–water partition coefficient (Wildman–Crippen LogP) is 4.11. The second-order valence-electron chi connectivity index (χ2n) is 9.34. The lowest BCUT2D eigenvalue weighted by Crippen LogP contribution is -2.60. The molecule has 2 heteroatoms. The average molecular weight is 281 g/mol. The standard InChI is InChI=1S/C18H35NO/c1-14-12-16(4,5)8-11-18(14,20)17(13-19)9-6-15(2,3)7-10-17/h14,20H,6-13,19H2,1-5H3. The highest BCUT2D eigenvalue weighted by atomic mass is 16.3. The summed E-state index contributed by atoms with van der Waals surface area (Å²) < 4.78 is 0. The van der Waals surface area contributed by atoms with Gasteiger partial charge in [-0.05, 0) is 61.7 Å². The number of aliphatic hydroxyl groups is 1. The highest BCUT2D eigenvalue weighted by Crippen LogP contribution is 2.58. The van der Waals surface area contributed by atoms with Crippen LogP contribution in [0.5, 0.6) is 0 Å². The molecule has 0 aliphatic heterocycles. The first-order valence-corrected chi connectivity index (χ1v) is 8.48. The van der Waals surface area contributed by atoms with Gasteiger partial charge in [-0.2, -0.15) is 0 Å². The van der Waals surface area contributed by atoms with Gasteiger partial charge >= 0.3 is 0 Å². The number of hydrogen-bond donors (Lipinski definition) is 2. The summed E-state index contributed by atoms with van der Waals surface area (Å²) in [6, 6.07) is 0. The molecule has 0 radical (unpaired) electrons. The Bertz CT molecular complexity index is 345. The van der Waals surface area contributed by atoms with E-state index in [9.17, 15) is 5.11 Å². The quantitative estimate of drug-likeness (QED) is 0.800. The minimum Gasteiger partial charge on any atom is -0.389 e. The van der Waals surface area contributed by atoms with Crippen molar-refractivity contribution >= 4 is 0 Å². The lowest BCUT2D eigenvalue weighted by atomic mass is 9.50. The lowest BCUT2D eigenvalue weighted by Gasteiger charge is -2.58. The van der Waals surface area contributed by atoms with Gasteiger partial charge in [-0.3, -0.25) is 0 Å². The molecule has 2 rings (SSSR count). The SMILES string of the molecule is CC1CC(C)(C)CCC1(O)C1(CN)CCC(C)(C)CC1. The van der Waals surface area contributed by atoms with Gasteiger partial charge < -0.3 is 10.8 Å². The van der Waals surface area contributed by atoms with Crippen LogP contribution in [0.15, 0.2) is 0 Å². The maximum atomic E-state index is 11.5. The van der Waals surface area contributed by atoms with E-state index in [1.165, 1.54) is 12.8 Å². The van der Waals surface area contributed by atoms with E-state index in [-0.39, 0.29) is 5.41 Å². The van der Waals surface area contributed by atoms with E-state index >= 15 is 0 Å². The summed E-state index contributed by atoms with van der Waals surface area (Å²) in [4.78, 5) is 0. The van der Waals surface area contributed by atoms with Crippen LogP contribution in [0.1, 0.15) is 79.6 Å². The molecule has 20 heavy (non-hydrogen) atoms. The molecule has 2 aliphatic rings. The third kappa shape index (κ3) is 2.66. The highest BCUT2D eigenvalue weighted by Gasteiger charge is 2.56. The maximum Gasteiger partial charge on any atom is 0.0741 e. The van der Waals surface area contributed by atoms with Crippen molar-refractivity contribution in [3.8, 4) is 0 Å². The number of hydrogen-bond acceptors (Lipinski definition) is 2. The Balaban J connectivity index is 2.23. The van der Waals surface area contributed by atoms with Crippen LogP contribution in [-0.2, 0) is 0 Å². The van der Waals surface area contributed by atoms with Gasteiger partial charge in [0.25, 0.3) is 0 Å². The monoisotopic (exact) mass is 281 g/mol. The van der Waals surface area contributed by atoms with Crippen molar-refractivity contribution < 1.29 is 5.11 Å². The van der Waals surface area contributed by atoms with Gasteiger partial charge in [-0.15, -0.1) is 0 Å². The van der Waals surface area contributed by atoms with E-state index in [0.717, 1.165) is 32.1 Å². The minimum atomic E-state index is -0.548. The van der Waals surface area contributed by atoms with Crippen molar-refractivity contribution in [1.29, 1.82) is 0 Å². The fraction of sp³-hybridized carbons (Fsp3) is 1.00. The number of rotatable bonds is 2. The molecule has 3 N–H and O–H groups in total. The van der Waals surface area contributed by atoms with Crippen molar-refractivity contribution in [3.05, 3.63) is 0 Å². The molecule has 2 fully saturated rings. The Kier molecular flexibility index (Phi) is 4.06. The fourth-order valence-electron chi connectivity index (χ4n) is 4.88. The van der Waals surface area contributed by atoms with Crippen molar-refractivity contribution in [2.45, 2.75) is 85.2 Å². The molecule has 2 saturated carbocycles. The average Bonchev–Trinajstić information content (AvgIpc) is 2.35. The van der Waals surface area contributed by atoms with Gasteiger partial charge in [-0.1, -0.05) is 34.6 Å². The summed E-state index contributed by atoms with van der Waals surface area (Å²) in [5.74, 6) is 0.357. The van der Waals surface area contributed by atoms with Crippen LogP contribution < -0.4 is 5.73 Å². The van der Waals surface area contributed by atoms with Crippen LogP contribution in [-0.4, -0.2) is 17.3 Å². The van der Waals surface area contributed by atoms with Crippen LogP contribution in [0.3, 0.4) is 0 Å². The fourth-order valence-corrected chi connectivity index (χ4v) is 4.88. The third-order valence-electron chi connectivity index (χ3n) is 6.73. The first kappa shape index (κ1) is 16.3. The van der Waals surface area contributed by atoms with E-state index < -0.39 is 5.60 Å². The summed E-state index contributed by atoms with van der Waals surface area (Å²) in [5, 5.41) is 11.5. The Morgan fingerprint density at radius 3 is 1.85 bits per heavy atom. The summed E-state index contributed by atoms with van der Waals surface area (Å²) in [6.07, 6.45) is 7.76. The number of nitrogens with two attached hydrogens (primary N) is 1. The van der Waals surface area contributed by atoms with Gasteiger partial charge in [0.1, 0.15) is 0 Å². The zero-order valence-corrected chi connectivity index (χ0v) is 14.3. The molecule has 118 valence electrons. The molecular weight excluding hydrogens is 246 g/mol. The van der Waals surface area contributed by atoms with Crippen molar-refractivity contribution in [2.24, 2.45) is 27.9 Å². The first-order valence-electron chi connectivity index (χ1n) is 8.48. The molecule has 0 aromatic carbocycles. The second kappa shape index (κ2) is 4.98. The molecule has 0 aromatic heterocycles. The van der Waals surface area contributed by atoms with Gasteiger partial charge in [0.05, 0.1) is 5.60 Å². The van der Waals surface area contributed by atoms with Gasteiger partial charge in [0.15, 0.2) is 0 Å². The van der Waals surface area contributed by atoms with E-state index in [2.05, 4.69) is 34.6 Å².